The highest BCUT2D eigenvalue weighted by Crippen LogP contribution is 2.21. The highest BCUT2D eigenvalue weighted by Gasteiger charge is 2.18. The number of nitriles is 1. The van der Waals surface area contributed by atoms with Crippen molar-refractivity contribution < 1.29 is 14.6 Å². The average molecular weight is 234 g/mol. The number of aromatic carboxylic acids is 1. The number of ether oxygens (including phenoxy) is 1. The topological polar surface area (TPSA) is 83.2 Å². The lowest BCUT2D eigenvalue weighted by atomic mass is 9.92. The lowest BCUT2D eigenvalue weighted by Crippen LogP contribution is -2.14. The first kappa shape index (κ1) is 13.0. The number of carbonyl (C=O) groups is 1. The van der Waals surface area contributed by atoms with Crippen LogP contribution >= 0.6 is 0 Å². The molecule has 0 bridgehead atoms. The zero-order chi connectivity index (χ0) is 12.9. The molecule has 5 heteroatoms. The number of carboxylic acids is 1. The molecule has 1 aromatic rings. The maximum atomic E-state index is 10.8. The molecule has 0 aromatic carbocycles. The number of hydrogen-bond donors (Lipinski definition) is 1. The van der Waals surface area contributed by atoms with Gasteiger partial charge in [-0.3, -0.25) is 0 Å². The van der Waals surface area contributed by atoms with E-state index in [1.807, 2.05) is 0 Å². The van der Waals surface area contributed by atoms with Gasteiger partial charge in [0.1, 0.15) is 0 Å². The van der Waals surface area contributed by atoms with E-state index in [4.69, 9.17) is 15.1 Å². The Hall–Kier alpha value is -2.09. The molecule has 0 unspecified atom stereocenters. The maximum Gasteiger partial charge on any atom is 0.358 e. The van der Waals surface area contributed by atoms with Crippen molar-refractivity contribution in [1.82, 2.24) is 4.98 Å². The number of nitrogens with zero attached hydrogens (tertiary/aromatic N) is 2. The van der Waals surface area contributed by atoms with Gasteiger partial charge in [-0.25, -0.2) is 9.78 Å². The Morgan fingerprint density at radius 2 is 2.35 bits per heavy atom. The second kappa shape index (κ2) is 5.30. The Morgan fingerprint density at radius 1 is 1.65 bits per heavy atom. The van der Waals surface area contributed by atoms with Crippen LogP contribution in [0.2, 0.25) is 0 Å². The van der Waals surface area contributed by atoms with Crippen LogP contribution in [0, 0.1) is 16.7 Å². The molecule has 1 rings (SSSR count). The van der Waals surface area contributed by atoms with Gasteiger partial charge >= 0.3 is 5.97 Å². The van der Waals surface area contributed by atoms with E-state index in [1.54, 1.807) is 26.0 Å². The van der Waals surface area contributed by atoms with Crippen molar-refractivity contribution in [2.45, 2.75) is 20.3 Å². The monoisotopic (exact) mass is 234 g/mol. The minimum absolute atomic E-state index is 0.109. The first-order chi connectivity index (χ1) is 7.96. The minimum Gasteiger partial charge on any atom is -0.491 e. The Bertz CT molecular complexity index is 449. The van der Waals surface area contributed by atoms with Crippen LogP contribution in [0.3, 0.4) is 0 Å². The lowest BCUT2D eigenvalue weighted by Gasteiger charge is -2.15. The summed E-state index contributed by atoms with van der Waals surface area (Å²) < 4.78 is 5.34. The van der Waals surface area contributed by atoms with Gasteiger partial charge in [-0.1, -0.05) is 0 Å². The summed E-state index contributed by atoms with van der Waals surface area (Å²) in [4.78, 5) is 14.6. The molecule has 0 atom stereocenters. The number of aromatic nitrogens is 1. The predicted molar refractivity (Wildman–Crippen MR) is 60.7 cm³/mol. The highest BCUT2D eigenvalue weighted by molar-refractivity contribution is 5.88. The standard InChI is InChI=1S/C12H14N2O3/c1-12(2,8-13)5-7-17-9-4-3-6-14-10(9)11(15)16/h3-4,6H,5,7H2,1-2H3,(H,15,16). The van der Waals surface area contributed by atoms with E-state index in [1.165, 1.54) is 6.20 Å². The summed E-state index contributed by atoms with van der Waals surface area (Å²) in [7, 11) is 0. The number of pyridine rings is 1. The number of rotatable bonds is 5. The highest BCUT2D eigenvalue weighted by atomic mass is 16.5. The van der Waals surface area contributed by atoms with Gasteiger partial charge < -0.3 is 9.84 Å². The van der Waals surface area contributed by atoms with Crippen molar-refractivity contribution in [3.05, 3.63) is 24.0 Å². The molecular weight excluding hydrogens is 220 g/mol. The molecule has 0 aliphatic carbocycles. The third-order valence-electron chi connectivity index (χ3n) is 2.26. The fourth-order valence-corrected chi connectivity index (χ4v) is 1.14. The summed E-state index contributed by atoms with van der Waals surface area (Å²) in [6.45, 7) is 3.89. The summed E-state index contributed by atoms with van der Waals surface area (Å²) in [5, 5.41) is 17.7. The van der Waals surface area contributed by atoms with Gasteiger partial charge in [-0.2, -0.15) is 5.26 Å². The van der Waals surface area contributed by atoms with Crippen LogP contribution in [-0.2, 0) is 0 Å². The molecule has 0 radical (unpaired) electrons. The molecule has 0 spiro atoms. The normalized spacial score (nSPS) is 10.6. The van der Waals surface area contributed by atoms with Gasteiger partial charge in [-0.05, 0) is 32.4 Å². The molecule has 0 saturated heterocycles. The Labute approximate surface area is 99.7 Å². The fraction of sp³-hybridized carbons (Fsp3) is 0.417. The molecular formula is C12H14N2O3. The van der Waals surface area contributed by atoms with E-state index in [0.717, 1.165) is 0 Å². The SMILES string of the molecule is CC(C)(C#N)CCOc1cccnc1C(=O)O. The molecule has 17 heavy (non-hydrogen) atoms. The maximum absolute atomic E-state index is 10.8. The quantitative estimate of drug-likeness (QED) is 0.843. The lowest BCUT2D eigenvalue weighted by molar-refractivity contribution is 0.0685. The van der Waals surface area contributed by atoms with Crippen LogP contribution in [0.5, 0.6) is 5.75 Å². The van der Waals surface area contributed by atoms with Gasteiger partial charge in [0.15, 0.2) is 11.4 Å². The number of carboxylic acid groups (broad SMARTS) is 1. The summed E-state index contributed by atoms with van der Waals surface area (Å²) in [6.07, 6.45) is 1.92. The van der Waals surface area contributed by atoms with Crippen LogP contribution in [-0.4, -0.2) is 22.7 Å². The van der Waals surface area contributed by atoms with Crippen molar-refractivity contribution in [2.24, 2.45) is 5.41 Å². The molecule has 1 aromatic heterocycles. The van der Waals surface area contributed by atoms with Crippen LogP contribution in [0.15, 0.2) is 18.3 Å². The van der Waals surface area contributed by atoms with Gasteiger partial charge in [0.25, 0.3) is 0 Å². The molecule has 90 valence electrons. The van der Waals surface area contributed by atoms with Gasteiger partial charge in [-0.15, -0.1) is 0 Å². The number of hydrogen-bond acceptors (Lipinski definition) is 4. The van der Waals surface area contributed by atoms with Crippen molar-refractivity contribution in [2.75, 3.05) is 6.61 Å². The zero-order valence-electron chi connectivity index (χ0n) is 9.80. The first-order valence-corrected chi connectivity index (χ1v) is 5.18. The second-order valence-electron chi connectivity index (χ2n) is 4.25. The molecule has 5 nitrogen and oxygen atoms in total. The van der Waals surface area contributed by atoms with Crippen molar-refractivity contribution >= 4 is 5.97 Å². The van der Waals surface area contributed by atoms with Crippen LogP contribution in [0.1, 0.15) is 30.8 Å². The molecule has 1 N–H and O–H groups in total. The van der Waals surface area contributed by atoms with E-state index in [2.05, 4.69) is 11.1 Å². The van der Waals surface area contributed by atoms with Crippen LogP contribution in [0.4, 0.5) is 0 Å². The fourth-order valence-electron chi connectivity index (χ4n) is 1.14. The molecule has 0 aliphatic heterocycles. The molecule has 0 fully saturated rings. The minimum atomic E-state index is -1.12. The smallest absolute Gasteiger partial charge is 0.358 e. The van der Waals surface area contributed by atoms with Crippen LogP contribution in [0.25, 0.3) is 0 Å². The van der Waals surface area contributed by atoms with Crippen molar-refractivity contribution in [1.29, 1.82) is 5.26 Å². The van der Waals surface area contributed by atoms with E-state index in [-0.39, 0.29) is 18.1 Å². The summed E-state index contributed by atoms with van der Waals surface area (Å²) in [5.74, 6) is -0.895. The molecule has 1 heterocycles. The summed E-state index contributed by atoms with van der Waals surface area (Å²) >= 11 is 0. The van der Waals surface area contributed by atoms with Crippen molar-refractivity contribution in [3.63, 3.8) is 0 Å². The van der Waals surface area contributed by atoms with Crippen molar-refractivity contribution in [3.8, 4) is 11.8 Å². The molecule has 0 saturated carbocycles. The third kappa shape index (κ3) is 3.76. The summed E-state index contributed by atoms with van der Waals surface area (Å²) in [6, 6.07) is 5.31. The van der Waals surface area contributed by atoms with Crippen LogP contribution < -0.4 is 4.74 Å². The first-order valence-electron chi connectivity index (χ1n) is 5.18. The Kier molecular flexibility index (Phi) is 4.05. The van der Waals surface area contributed by atoms with E-state index in [0.29, 0.717) is 6.42 Å². The molecule has 0 aliphatic rings. The Balaban J connectivity index is 2.65. The van der Waals surface area contributed by atoms with Gasteiger partial charge in [0.05, 0.1) is 18.1 Å². The van der Waals surface area contributed by atoms with E-state index >= 15 is 0 Å². The van der Waals surface area contributed by atoms with E-state index < -0.39 is 11.4 Å². The van der Waals surface area contributed by atoms with Gasteiger partial charge in [0.2, 0.25) is 0 Å². The third-order valence-corrected chi connectivity index (χ3v) is 2.26. The molecule has 0 amide bonds. The Morgan fingerprint density at radius 3 is 2.94 bits per heavy atom. The second-order valence-corrected chi connectivity index (χ2v) is 4.25. The predicted octanol–water partition coefficient (Wildman–Crippen LogP) is 2.10. The average Bonchev–Trinajstić information content (AvgIpc) is 2.29. The zero-order valence-corrected chi connectivity index (χ0v) is 9.80. The summed E-state index contributed by atoms with van der Waals surface area (Å²) in [5.41, 5.74) is -0.590. The van der Waals surface area contributed by atoms with Gasteiger partial charge in [0, 0.05) is 6.20 Å². The largest absolute Gasteiger partial charge is 0.491 e. The van der Waals surface area contributed by atoms with E-state index in [9.17, 15) is 4.79 Å².